The molecule has 0 radical (unpaired) electrons. The van der Waals surface area contributed by atoms with Crippen molar-refractivity contribution in [3.8, 4) is 5.75 Å². The molecule has 0 spiro atoms. The number of nitrogens with one attached hydrogen (secondary N) is 1. The van der Waals surface area contributed by atoms with Crippen molar-refractivity contribution in [3.05, 3.63) is 44.4 Å². The molecular formula is C13H12BrIN2O. The molecule has 2 aromatic carbocycles. The van der Waals surface area contributed by atoms with Gasteiger partial charge in [-0.1, -0.05) is 6.07 Å². The van der Waals surface area contributed by atoms with Crippen LogP contribution in [-0.4, -0.2) is 7.11 Å². The van der Waals surface area contributed by atoms with Crippen molar-refractivity contribution in [1.82, 2.24) is 0 Å². The molecule has 0 saturated carbocycles. The molecule has 3 nitrogen and oxygen atoms in total. The van der Waals surface area contributed by atoms with E-state index in [1.807, 2.05) is 36.4 Å². The average Bonchev–Trinajstić information content (AvgIpc) is 2.36. The second kappa shape index (κ2) is 5.79. The van der Waals surface area contributed by atoms with Crippen LogP contribution in [0.3, 0.4) is 0 Å². The maximum absolute atomic E-state index is 6.03. The predicted octanol–water partition coefficient (Wildman–Crippen LogP) is 4.39. The van der Waals surface area contributed by atoms with Crippen molar-refractivity contribution in [2.24, 2.45) is 0 Å². The minimum Gasteiger partial charge on any atom is -0.495 e. The van der Waals surface area contributed by atoms with E-state index >= 15 is 0 Å². The highest BCUT2D eigenvalue weighted by Crippen LogP contribution is 2.34. The average molecular weight is 419 g/mol. The predicted molar refractivity (Wildman–Crippen MR) is 87.5 cm³/mol. The molecule has 0 aliphatic heterocycles. The quantitative estimate of drug-likeness (QED) is 0.574. The number of nitrogen functional groups attached to an aromatic ring is 1. The van der Waals surface area contributed by atoms with Crippen molar-refractivity contribution in [1.29, 1.82) is 0 Å². The van der Waals surface area contributed by atoms with Crippen LogP contribution in [0, 0.1) is 3.57 Å². The van der Waals surface area contributed by atoms with E-state index in [-0.39, 0.29) is 0 Å². The van der Waals surface area contributed by atoms with Gasteiger partial charge < -0.3 is 15.8 Å². The van der Waals surface area contributed by atoms with Crippen molar-refractivity contribution >= 4 is 55.6 Å². The van der Waals surface area contributed by atoms with E-state index in [1.165, 1.54) is 0 Å². The van der Waals surface area contributed by atoms with E-state index < -0.39 is 0 Å². The standard InChI is InChI=1S/C13H12BrIN2O/c1-18-12-4-2-3-10(13(12)16)17-11-7-8(15)5-6-9(11)14/h2-7,17H,16H2,1H3. The third kappa shape index (κ3) is 2.89. The number of halogens is 2. The largest absolute Gasteiger partial charge is 0.495 e. The van der Waals surface area contributed by atoms with Gasteiger partial charge in [-0.25, -0.2) is 0 Å². The van der Waals surface area contributed by atoms with E-state index in [9.17, 15) is 0 Å². The van der Waals surface area contributed by atoms with E-state index in [4.69, 9.17) is 10.5 Å². The lowest BCUT2D eigenvalue weighted by atomic mass is 10.2. The Bertz CT molecular complexity index is 575. The van der Waals surface area contributed by atoms with Crippen LogP contribution in [0.25, 0.3) is 0 Å². The molecule has 2 aromatic rings. The number of hydrogen-bond acceptors (Lipinski definition) is 3. The number of para-hydroxylation sites is 1. The lowest BCUT2D eigenvalue weighted by molar-refractivity contribution is 0.417. The molecule has 0 saturated heterocycles. The van der Waals surface area contributed by atoms with Crippen LogP contribution in [0.2, 0.25) is 0 Å². The Kier molecular flexibility index (Phi) is 4.34. The van der Waals surface area contributed by atoms with E-state index in [1.54, 1.807) is 7.11 Å². The first-order valence-corrected chi connectivity index (χ1v) is 7.13. The topological polar surface area (TPSA) is 47.3 Å². The Labute approximate surface area is 128 Å². The van der Waals surface area contributed by atoms with Crippen molar-refractivity contribution in [2.75, 3.05) is 18.2 Å². The van der Waals surface area contributed by atoms with Gasteiger partial charge in [0.15, 0.2) is 0 Å². The van der Waals surface area contributed by atoms with E-state index in [0.29, 0.717) is 11.4 Å². The second-order valence-corrected chi connectivity index (χ2v) is 5.77. The fraction of sp³-hybridized carbons (Fsp3) is 0.0769. The van der Waals surface area contributed by atoms with Gasteiger partial charge in [0, 0.05) is 8.04 Å². The summed E-state index contributed by atoms with van der Waals surface area (Å²) in [6.45, 7) is 0. The van der Waals surface area contributed by atoms with Crippen LogP contribution in [0.5, 0.6) is 5.75 Å². The summed E-state index contributed by atoms with van der Waals surface area (Å²) in [5.74, 6) is 0.668. The van der Waals surface area contributed by atoms with Crippen LogP contribution in [0.4, 0.5) is 17.1 Å². The van der Waals surface area contributed by atoms with E-state index in [2.05, 4.69) is 43.8 Å². The molecule has 18 heavy (non-hydrogen) atoms. The minimum absolute atomic E-state index is 0.603. The minimum atomic E-state index is 0.603. The zero-order chi connectivity index (χ0) is 13.1. The van der Waals surface area contributed by atoms with Crippen LogP contribution < -0.4 is 15.8 Å². The Morgan fingerprint density at radius 1 is 1.22 bits per heavy atom. The van der Waals surface area contributed by atoms with Crippen molar-refractivity contribution in [2.45, 2.75) is 0 Å². The lowest BCUT2D eigenvalue weighted by Gasteiger charge is -2.13. The smallest absolute Gasteiger partial charge is 0.143 e. The third-order valence-corrected chi connectivity index (χ3v) is 3.85. The number of hydrogen-bond donors (Lipinski definition) is 2. The molecule has 0 aliphatic carbocycles. The molecule has 0 bridgehead atoms. The molecule has 3 N–H and O–H groups in total. The maximum atomic E-state index is 6.03. The molecule has 0 heterocycles. The van der Waals surface area contributed by atoms with Gasteiger partial charge in [0.25, 0.3) is 0 Å². The second-order valence-electron chi connectivity index (χ2n) is 3.67. The zero-order valence-electron chi connectivity index (χ0n) is 9.71. The van der Waals surface area contributed by atoms with Crippen molar-refractivity contribution < 1.29 is 4.74 Å². The van der Waals surface area contributed by atoms with Crippen molar-refractivity contribution in [3.63, 3.8) is 0 Å². The van der Waals surface area contributed by atoms with Gasteiger partial charge in [-0.2, -0.15) is 0 Å². The Hall–Kier alpha value is -0.950. The summed E-state index contributed by atoms with van der Waals surface area (Å²) < 4.78 is 7.34. The van der Waals surface area contributed by atoms with Gasteiger partial charge >= 0.3 is 0 Å². The van der Waals surface area contributed by atoms with Crippen LogP contribution >= 0.6 is 38.5 Å². The molecule has 0 amide bonds. The van der Waals surface area contributed by atoms with E-state index in [0.717, 1.165) is 19.4 Å². The molecule has 0 aliphatic rings. The van der Waals surface area contributed by atoms with Gasteiger partial charge in [-0.05, 0) is 68.9 Å². The molecule has 0 fully saturated rings. The summed E-state index contributed by atoms with van der Waals surface area (Å²) in [5, 5.41) is 3.30. The summed E-state index contributed by atoms with van der Waals surface area (Å²) >= 11 is 5.78. The first kappa shape index (κ1) is 13.5. The van der Waals surface area contributed by atoms with Crippen LogP contribution in [0.1, 0.15) is 0 Å². The van der Waals surface area contributed by atoms with Crippen LogP contribution in [0.15, 0.2) is 40.9 Å². The molecule has 0 atom stereocenters. The third-order valence-electron chi connectivity index (χ3n) is 2.48. The summed E-state index contributed by atoms with van der Waals surface area (Å²) in [6.07, 6.45) is 0. The monoisotopic (exact) mass is 418 g/mol. The molecule has 5 heteroatoms. The summed E-state index contributed by atoms with van der Waals surface area (Å²) in [5.41, 5.74) is 8.43. The highest BCUT2D eigenvalue weighted by Gasteiger charge is 2.07. The zero-order valence-corrected chi connectivity index (χ0v) is 13.4. The number of nitrogens with two attached hydrogens (primary N) is 1. The van der Waals surface area contributed by atoms with Gasteiger partial charge in [0.2, 0.25) is 0 Å². The maximum Gasteiger partial charge on any atom is 0.143 e. The Morgan fingerprint density at radius 3 is 2.72 bits per heavy atom. The van der Waals surface area contributed by atoms with Gasteiger partial charge in [-0.15, -0.1) is 0 Å². The number of methoxy groups -OCH3 is 1. The fourth-order valence-electron chi connectivity index (χ4n) is 1.57. The number of anilines is 3. The summed E-state index contributed by atoms with van der Waals surface area (Å²) in [4.78, 5) is 0. The molecule has 2 rings (SSSR count). The molecule has 0 unspecified atom stereocenters. The number of ether oxygens (including phenoxy) is 1. The first-order valence-electron chi connectivity index (χ1n) is 5.26. The Morgan fingerprint density at radius 2 is 2.00 bits per heavy atom. The van der Waals surface area contributed by atoms with Gasteiger partial charge in [-0.3, -0.25) is 0 Å². The normalized spacial score (nSPS) is 10.2. The fourth-order valence-corrected chi connectivity index (χ4v) is 2.41. The van der Waals surface area contributed by atoms with Crippen LogP contribution in [-0.2, 0) is 0 Å². The summed E-state index contributed by atoms with van der Waals surface area (Å²) in [6, 6.07) is 11.7. The molecule has 94 valence electrons. The lowest BCUT2D eigenvalue weighted by Crippen LogP contribution is -1.99. The highest BCUT2D eigenvalue weighted by atomic mass is 127. The SMILES string of the molecule is COc1cccc(Nc2cc(I)ccc2Br)c1N. The van der Waals surface area contributed by atoms with Gasteiger partial charge in [0.1, 0.15) is 5.75 Å². The first-order chi connectivity index (χ1) is 8.61. The molecular weight excluding hydrogens is 407 g/mol. The number of benzene rings is 2. The van der Waals surface area contributed by atoms with Gasteiger partial charge in [0.05, 0.1) is 24.2 Å². The highest BCUT2D eigenvalue weighted by molar-refractivity contribution is 14.1. The Balaban J connectivity index is 2.37. The number of rotatable bonds is 3. The molecule has 0 aromatic heterocycles. The summed E-state index contributed by atoms with van der Waals surface area (Å²) in [7, 11) is 1.61.